The molecule has 164 valence electrons. The van der Waals surface area contributed by atoms with Gasteiger partial charge in [0.25, 0.3) is 0 Å². The highest BCUT2D eigenvalue weighted by atomic mass is 32.1. The zero-order valence-corrected chi connectivity index (χ0v) is 18.0. The maximum Gasteiger partial charge on any atom is 0.416 e. The van der Waals surface area contributed by atoms with E-state index in [9.17, 15) is 13.2 Å². The number of hydrogen-bond donors (Lipinski definition) is 1. The van der Waals surface area contributed by atoms with Crippen LogP contribution >= 0.6 is 11.3 Å². The maximum absolute atomic E-state index is 12.7. The third-order valence-electron chi connectivity index (χ3n) is 6.37. The number of piperidine rings is 1. The van der Waals surface area contributed by atoms with Gasteiger partial charge in [-0.05, 0) is 61.8 Å². The molecule has 0 saturated carbocycles. The molecule has 2 aliphatic rings. The van der Waals surface area contributed by atoms with Gasteiger partial charge in [0.15, 0.2) is 0 Å². The fourth-order valence-electron chi connectivity index (χ4n) is 4.69. The third-order valence-corrected chi connectivity index (χ3v) is 7.57. The summed E-state index contributed by atoms with van der Waals surface area (Å²) in [6.45, 7) is 2.50. The molecule has 8 heteroatoms. The molecule has 1 aliphatic heterocycles. The number of hydrogen-bond acceptors (Lipinski definition) is 5. The summed E-state index contributed by atoms with van der Waals surface area (Å²) in [5, 5.41) is 4.89. The van der Waals surface area contributed by atoms with E-state index in [4.69, 9.17) is 0 Å². The minimum atomic E-state index is -4.28. The Hall–Kier alpha value is -2.19. The van der Waals surface area contributed by atoms with Crippen molar-refractivity contribution in [3.8, 4) is 0 Å². The van der Waals surface area contributed by atoms with Crippen LogP contribution in [0.5, 0.6) is 0 Å². The van der Waals surface area contributed by atoms with Gasteiger partial charge in [0, 0.05) is 30.6 Å². The first-order chi connectivity index (χ1) is 15.0. The Morgan fingerprint density at radius 3 is 2.52 bits per heavy atom. The van der Waals surface area contributed by atoms with Crippen molar-refractivity contribution >= 4 is 27.4 Å². The van der Waals surface area contributed by atoms with Gasteiger partial charge in [-0.1, -0.05) is 12.1 Å². The Kier molecular flexibility index (Phi) is 5.60. The molecule has 1 N–H and O–H groups in total. The van der Waals surface area contributed by atoms with Crippen LogP contribution in [-0.2, 0) is 25.6 Å². The second-order valence-electron chi connectivity index (χ2n) is 8.50. The van der Waals surface area contributed by atoms with E-state index in [0.717, 1.165) is 55.0 Å². The number of nitrogens with one attached hydrogen (secondary N) is 1. The number of thiophene rings is 1. The lowest BCUT2D eigenvalue weighted by Crippen LogP contribution is -2.38. The number of aryl methyl sites for hydroxylation is 2. The molecular formula is C23H25F3N4S. The minimum Gasteiger partial charge on any atom is -0.367 e. The first-order valence-electron chi connectivity index (χ1n) is 10.9. The summed E-state index contributed by atoms with van der Waals surface area (Å²) in [6.07, 6.45) is 4.10. The summed E-state index contributed by atoms with van der Waals surface area (Å²) in [6, 6.07) is 5.87. The monoisotopic (exact) mass is 446 g/mol. The molecule has 0 radical (unpaired) electrons. The van der Waals surface area contributed by atoms with Crippen LogP contribution in [0.1, 0.15) is 47.3 Å². The molecule has 1 aliphatic carbocycles. The second kappa shape index (κ2) is 8.39. The van der Waals surface area contributed by atoms with Crippen LogP contribution in [0.2, 0.25) is 0 Å². The molecule has 1 aromatic carbocycles. The van der Waals surface area contributed by atoms with Crippen LogP contribution in [0, 0.1) is 0 Å². The van der Waals surface area contributed by atoms with Crippen molar-refractivity contribution in [2.75, 3.05) is 18.4 Å². The molecule has 0 atom stereocenters. The fourth-order valence-corrected chi connectivity index (χ4v) is 5.91. The highest BCUT2D eigenvalue weighted by Gasteiger charge is 2.30. The normalized spacial score (nSPS) is 18.3. The summed E-state index contributed by atoms with van der Waals surface area (Å²) in [7, 11) is 0. The molecule has 0 spiro atoms. The van der Waals surface area contributed by atoms with Crippen molar-refractivity contribution in [2.45, 2.75) is 57.3 Å². The summed E-state index contributed by atoms with van der Waals surface area (Å²) < 4.78 is 38.2. The molecule has 0 bridgehead atoms. The highest BCUT2D eigenvalue weighted by Crippen LogP contribution is 2.38. The predicted molar refractivity (Wildman–Crippen MR) is 117 cm³/mol. The van der Waals surface area contributed by atoms with Crippen molar-refractivity contribution in [1.82, 2.24) is 14.9 Å². The lowest BCUT2D eigenvalue weighted by molar-refractivity contribution is -0.137. The number of rotatable bonds is 4. The number of aromatic nitrogens is 2. The maximum atomic E-state index is 12.7. The van der Waals surface area contributed by atoms with Crippen LogP contribution in [0.25, 0.3) is 10.2 Å². The zero-order chi connectivity index (χ0) is 21.4. The number of alkyl halides is 3. The molecule has 0 unspecified atom stereocenters. The van der Waals surface area contributed by atoms with Crippen LogP contribution < -0.4 is 5.32 Å². The third kappa shape index (κ3) is 4.41. The van der Waals surface area contributed by atoms with Crippen LogP contribution in [0.4, 0.5) is 19.0 Å². The smallest absolute Gasteiger partial charge is 0.367 e. The SMILES string of the molecule is FC(F)(F)c1ccc(CN2CCC(Nc3ncnc4sc5c(c34)CCCC5)CC2)cc1. The van der Waals surface area contributed by atoms with E-state index in [2.05, 4.69) is 20.2 Å². The van der Waals surface area contributed by atoms with Gasteiger partial charge in [0.1, 0.15) is 17.0 Å². The van der Waals surface area contributed by atoms with Gasteiger partial charge in [-0.15, -0.1) is 11.3 Å². The molecule has 31 heavy (non-hydrogen) atoms. The van der Waals surface area contributed by atoms with Gasteiger partial charge in [0.05, 0.1) is 10.9 Å². The van der Waals surface area contributed by atoms with E-state index < -0.39 is 11.7 Å². The molecular weight excluding hydrogens is 421 g/mol. The van der Waals surface area contributed by atoms with Crippen LogP contribution in [0.15, 0.2) is 30.6 Å². The van der Waals surface area contributed by atoms with Gasteiger partial charge in [0.2, 0.25) is 0 Å². The molecule has 1 saturated heterocycles. The molecule has 1 fully saturated rings. The number of fused-ring (bicyclic) bond motifs is 3. The van der Waals surface area contributed by atoms with E-state index in [1.807, 2.05) is 11.3 Å². The number of anilines is 1. The summed E-state index contributed by atoms with van der Waals surface area (Å²) in [5.41, 5.74) is 1.77. The van der Waals surface area contributed by atoms with Crippen LogP contribution in [-0.4, -0.2) is 34.0 Å². The van der Waals surface area contributed by atoms with Gasteiger partial charge < -0.3 is 5.32 Å². The first kappa shape index (κ1) is 20.7. The Balaban J connectivity index is 1.21. The molecule has 3 aromatic rings. The largest absolute Gasteiger partial charge is 0.416 e. The molecule has 3 heterocycles. The van der Waals surface area contributed by atoms with Crippen molar-refractivity contribution < 1.29 is 13.2 Å². The topological polar surface area (TPSA) is 41.0 Å². The highest BCUT2D eigenvalue weighted by molar-refractivity contribution is 7.19. The molecule has 5 rings (SSSR count). The average molecular weight is 447 g/mol. The Labute approximate surface area is 183 Å². The van der Waals surface area contributed by atoms with E-state index in [-0.39, 0.29) is 0 Å². The second-order valence-corrected chi connectivity index (χ2v) is 9.59. The lowest BCUT2D eigenvalue weighted by atomic mass is 9.96. The van der Waals surface area contributed by atoms with Crippen molar-refractivity contribution in [3.63, 3.8) is 0 Å². The zero-order valence-electron chi connectivity index (χ0n) is 17.2. The summed E-state index contributed by atoms with van der Waals surface area (Å²) in [4.78, 5) is 13.9. The van der Waals surface area contributed by atoms with E-state index in [1.165, 1.54) is 40.8 Å². The number of likely N-dealkylation sites (tertiary alicyclic amines) is 1. The predicted octanol–water partition coefficient (Wildman–Crippen LogP) is 5.67. The number of benzene rings is 1. The Morgan fingerprint density at radius 1 is 1.03 bits per heavy atom. The summed E-state index contributed by atoms with van der Waals surface area (Å²) in [5.74, 6) is 0.964. The molecule has 2 aromatic heterocycles. The fraction of sp³-hybridized carbons (Fsp3) is 0.478. The first-order valence-corrected chi connectivity index (χ1v) is 11.7. The van der Waals surface area contributed by atoms with Gasteiger partial charge >= 0.3 is 6.18 Å². The minimum absolute atomic E-state index is 0.348. The number of nitrogens with zero attached hydrogens (tertiary/aromatic N) is 3. The van der Waals surface area contributed by atoms with E-state index in [1.54, 1.807) is 18.5 Å². The van der Waals surface area contributed by atoms with Crippen molar-refractivity contribution in [1.29, 1.82) is 0 Å². The van der Waals surface area contributed by atoms with E-state index >= 15 is 0 Å². The van der Waals surface area contributed by atoms with E-state index in [0.29, 0.717) is 12.6 Å². The van der Waals surface area contributed by atoms with Gasteiger partial charge in [-0.2, -0.15) is 13.2 Å². The Bertz CT molecular complexity index is 1050. The van der Waals surface area contributed by atoms with Crippen molar-refractivity contribution in [2.24, 2.45) is 0 Å². The van der Waals surface area contributed by atoms with Crippen molar-refractivity contribution in [3.05, 3.63) is 52.2 Å². The quantitative estimate of drug-likeness (QED) is 0.561. The van der Waals surface area contributed by atoms with Crippen LogP contribution in [0.3, 0.4) is 0 Å². The Morgan fingerprint density at radius 2 is 1.77 bits per heavy atom. The standard InChI is InChI=1S/C23H25F3N4S/c24-23(25,26)16-7-5-15(6-8-16)13-30-11-9-17(10-12-30)29-21-20-18-3-1-2-4-19(18)31-22(20)28-14-27-21/h5-8,14,17H,1-4,9-13H2,(H,27,28,29). The summed E-state index contributed by atoms with van der Waals surface area (Å²) >= 11 is 1.81. The van der Waals surface area contributed by atoms with Gasteiger partial charge in [-0.25, -0.2) is 9.97 Å². The molecule has 0 amide bonds. The lowest BCUT2D eigenvalue weighted by Gasteiger charge is -2.32. The van der Waals surface area contributed by atoms with Gasteiger partial charge in [-0.3, -0.25) is 4.90 Å². The molecule has 4 nitrogen and oxygen atoms in total. The average Bonchev–Trinajstić information content (AvgIpc) is 3.14. The number of halogens is 3.